The van der Waals surface area contributed by atoms with Crippen molar-refractivity contribution in [3.8, 4) is 11.5 Å². The molecule has 5 heteroatoms. The van der Waals surface area contributed by atoms with Crippen LogP contribution in [0.4, 0.5) is 4.39 Å². The fraction of sp³-hybridized carbons (Fsp3) is 0.500. The maximum absolute atomic E-state index is 14.0. The fourth-order valence-corrected chi connectivity index (χ4v) is 2.44. The van der Waals surface area contributed by atoms with Crippen LogP contribution in [0, 0.1) is 5.82 Å². The summed E-state index contributed by atoms with van der Waals surface area (Å²) in [4.78, 5) is 0. The molecule has 0 bridgehead atoms. The monoisotopic (exact) mass is 259 g/mol. The number of halogens is 2. The lowest BCUT2D eigenvalue weighted by atomic mass is 9.90. The molecule has 1 aliphatic heterocycles. The van der Waals surface area contributed by atoms with Crippen molar-refractivity contribution in [1.82, 2.24) is 5.32 Å². The van der Waals surface area contributed by atoms with E-state index in [1.807, 2.05) is 0 Å². The molecule has 1 aromatic carbocycles. The third-order valence-corrected chi connectivity index (χ3v) is 3.39. The van der Waals surface area contributed by atoms with Gasteiger partial charge in [0, 0.05) is 24.1 Å². The molecule has 1 unspecified atom stereocenters. The minimum absolute atomic E-state index is 0.0137. The van der Waals surface area contributed by atoms with Gasteiger partial charge in [0.2, 0.25) is 0 Å². The van der Waals surface area contributed by atoms with Crippen molar-refractivity contribution in [2.75, 3.05) is 20.2 Å². The van der Waals surface area contributed by atoms with Crippen LogP contribution >= 0.6 is 11.6 Å². The van der Waals surface area contributed by atoms with Gasteiger partial charge in [-0.2, -0.15) is 0 Å². The SMILES string of the molecule is COc1cc(Cl)c(F)c(C2CCCNC2)c1O. The van der Waals surface area contributed by atoms with E-state index in [2.05, 4.69) is 5.32 Å². The van der Waals surface area contributed by atoms with Crippen molar-refractivity contribution in [1.29, 1.82) is 0 Å². The second-order valence-electron chi connectivity index (χ2n) is 4.18. The molecule has 2 N–H and O–H groups in total. The van der Waals surface area contributed by atoms with Crippen LogP contribution in [-0.2, 0) is 0 Å². The number of rotatable bonds is 2. The summed E-state index contributed by atoms with van der Waals surface area (Å²) in [5.74, 6) is -0.518. The van der Waals surface area contributed by atoms with E-state index < -0.39 is 5.82 Å². The quantitative estimate of drug-likeness (QED) is 0.858. The van der Waals surface area contributed by atoms with E-state index in [9.17, 15) is 9.50 Å². The number of nitrogens with one attached hydrogen (secondary N) is 1. The lowest BCUT2D eigenvalue weighted by molar-refractivity contribution is 0.357. The van der Waals surface area contributed by atoms with Gasteiger partial charge in [-0.15, -0.1) is 0 Å². The van der Waals surface area contributed by atoms with Gasteiger partial charge in [0.15, 0.2) is 11.5 Å². The molecule has 1 saturated heterocycles. The fourth-order valence-electron chi connectivity index (χ4n) is 2.24. The Hall–Kier alpha value is -1.00. The maximum Gasteiger partial charge on any atom is 0.164 e. The number of phenolic OH excluding ortho intramolecular Hbond substituents is 1. The molecule has 1 fully saturated rings. The Labute approximate surface area is 105 Å². The van der Waals surface area contributed by atoms with Gasteiger partial charge in [0.25, 0.3) is 0 Å². The van der Waals surface area contributed by atoms with Crippen LogP contribution in [0.3, 0.4) is 0 Å². The summed E-state index contributed by atoms with van der Waals surface area (Å²) in [7, 11) is 1.42. The van der Waals surface area contributed by atoms with Crippen LogP contribution in [0.25, 0.3) is 0 Å². The zero-order valence-corrected chi connectivity index (χ0v) is 10.4. The minimum atomic E-state index is -0.543. The molecule has 3 nitrogen and oxygen atoms in total. The highest BCUT2D eigenvalue weighted by molar-refractivity contribution is 6.31. The predicted octanol–water partition coefficient (Wildman–Crippen LogP) is 2.66. The van der Waals surface area contributed by atoms with E-state index in [0.717, 1.165) is 19.4 Å². The van der Waals surface area contributed by atoms with E-state index in [1.165, 1.54) is 13.2 Å². The largest absolute Gasteiger partial charge is 0.504 e. The third-order valence-electron chi connectivity index (χ3n) is 3.12. The number of hydrogen-bond acceptors (Lipinski definition) is 3. The summed E-state index contributed by atoms with van der Waals surface area (Å²) in [6.07, 6.45) is 1.79. The summed E-state index contributed by atoms with van der Waals surface area (Å²) in [5, 5.41) is 13.2. The number of benzene rings is 1. The summed E-state index contributed by atoms with van der Waals surface area (Å²) in [5.41, 5.74) is 0.265. The molecule has 0 amide bonds. The molecule has 0 saturated carbocycles. The van der Waals surface area contributed by atoms with Crippen molar-refractivity contribution in [2.24, 2.45) is 0 Å². The molecule has 1 atom stereocenters. The first kappa shape index (κ1) is 12.5. The topological polar surface area (TPSA) is 41.5 Å². The Balaban J connectivity index is 2.46. The molecular weight excluding hydrogens is 245 g/mol. The normalized spacial score (nSPS) is 20.3. The van der Waals surface area contributed by atoms with Gasteiger partial charge >= 0.3 is 0 Å². The smallest absolute Gasteiger partial charge is 0.164 e. The molecule has 0 radical (unpaired) electrons. The number of methoxy groups -OCH3 is 1. The lowest BCUT2D eigenvalue weighted by Crippen LogP contribution is -2.29. The van der Waals surface area contributed by atoms with E-state index in [-0.39, 0.29) is 28.0 Å². The first-order valence-electron chi connectivity index (χ1n) is 5.60. The van der Waals surface area contributed by atoms with Crippen molar-refractivity contribution in [2.45, 2.75) is 18.8 Å². The van der Waals surface area contributed by atoms with Crippen LogP contribution in [0.1, 0.15) is 24.3 Å². The standard InChI is InChI=1S/C12H15ClFNO2/c1-17-9-5-8(13)11(14)10(12(9)16)7-3-2-4-15-6-7/h5,7,15-16H,2-4,6H2,1H3. The number of piperidine rings is 1. The summed E-state index contributed by atoms with van der Waals surface area (Å²) >= 11 is 5.80. The van der Waals surface area contributed by atoms with Crippen molar-refractivity contribution < 1.29 is 14.2 Å². The molecule has 2 rings (SSSR count). The van der Waals surface area contributed by atoms with Crippen molar-refractivity contribution >= 4 is 11.6 Å². The highest BCUT2D eigenvalue weighted by Gasteiger charge is 2.26. The number of aromatic hydroxyl groups is 1. The first-order chi connectivity index (χ1) is 8.15. The zero-order valence-electron chi connectivity index (χ0n) is 9.59. The molecule has 0 aliphatic carbocycles. The minimum Gasteiger partial charge on any atom is -0.504 e. The Bertz CT molecular complexity index is 419. The Kier molecular flexibility index (Phi) is 3.74. The second kappa shape index (κ2) is 5.10. The Morgan fingerprint density at radius 2 is 2.35 bits per heavy atom. The van der Waals surface area contributed by atoms with Crippen LogP contribution in [0.15, 0.2) is 6.07 Å². The van der Waals surface area contributed by atoms with Gasteiger partial charge < -0.3 is 15.2 Å². The first-order valence-corrected chi connectivity index (χ1v) is 5.98. The van der Waals surface area contributed by atoms with E-state index in [0.29, 0.717) is 6.54 Å². The van der Waals surface area contributed by atoms with Gasteiger partial charge in [-0.05, 0) is 19.4 Å². The van der Waals surface area contributed by atoms with E-state index in [1.54, 1.807) is 0 Å². The molecule has 94 valence electrons. The van der Waals surface area contributed by atoms with E-state index in [4.69, 9.17) is 16.3 Å². The van der Waals surface area contributed by atoms with Gasteiger partial charge in [0.1, 0.15) is 5.82 Å². The summed E-state index contributed by atoms with van der Waals surface area (Å²) in [6.45, 7) is 1.57. The molecule has 0 spiro atoms. The predicted molar refractivity (Wildman–Crippen MR) is 64.5 cm³/mol. The highest BCUT2D eigenvalue weighted by Crippen LogP contribution is 2.41. The van der Waals surface area contributed by atoms with Gasteiger partial charge in [0.05, 0.1) is 12.1 Å². The third kappa shape index (κ3) is 2.33. The molecule has 1 aliphatic rings. The van der Waals surface area contributed by atoms with E-state index >= 15 is 0 Å². The van der Waals surface area contributed by atoms with Crippen LogP contribution in [0.2, 0.25) is 5.02 Å². The average Bonchev–Trinajstić information content (AvgIpc) is 2.35. The van der Waals surface area contributed by atoms with Crippen LogP contribution in [-0.4, -0.2) is 25.3 Å². The van der Waals surface area contributed by atoms with Crippen LogP contribution in [0.5, 0.6) is 11.5 Å². The zero-order chi connectivity index (χ0) is 12.4. The van der Waals surface area contributed by atoms with Gasteiger partial charge in [-0.1, -0.05) is 11.6 Å². The lowest BCUT2D eigenvalue weighted by Gasteiger charge is -2.25. The molecule has 0 aromatic heterocycles. The Morgan fingerprint density at radius 3 is 2.94 bits per heavy atom. The van der Waals surface area contributed by atoms with Crippen molar-refractivity contribution in [3.63, 3.8) is 0 Å². The number of ether oxygens (including phenoxy) is 1. The number of phenols is 1. The highest BCUT2D eigenvalue weighted by atomic mass is 35.5. The maximum atomic E-state index is 14.0. The molecule has 1 heterocycles. The summed E-state index contributed by atoms with van der Waals surface area (Å²) < 4.78 is 19.0. The molecule has 1 aromatic rings. The summed E-state index contributed by atoms with van der Waals surface area (Å²) in [6, 6.07) is 1.30. The molecular formula is C12H15ClFNO2. The molecule has 17 heavy (non-hydrogen) atoms. The Morgan fingerprint density at radius 1 is 1.59 bits per heavy atom. The van der Waals surface area contributed by atoms with Crippen molar-refractivity contribution in [3.05, 3.63) is 22.5 Å². The average molecular weight is 260 g/mol. The van der Waals surface area contributed by atoms with Gasteiger partial charge in [-0.25, -0.2) is 4.39 Å². The second-order valence-corrected chi connectivity index (χ2v) is 4.59. The van der Waals surface area contributed by atoms with Gasteiger partial charge in [-0.3, -0.25) is 0 Å². The number of hydrogen-bond donors (Lipinski definition) is 2. The van der Waals surface area contributed by atoms with Crippen LogP contribution < -0.4 is 10.1 Å².